The van der Waals surface area contributed by atoms with E-state index in [2.05, 4.69) is 23.1 Å². The third kappa shape index (κ3) is 5.27. The summed E-state index contributed by atoms with van der Waals surface area (Å²) in [6.07, 6.45) is 5.65. The maximum atomic E-state index is 13.2. The van der Waals surface area contributed by atoms with Crippen LogP contribution in [-0.4, -0.2) is 80.6 Å². The highest BCUT2D eigenvalue weighted by molar-refractivity contribution is 7.91. The molecule has 0 aromatic heterocycles. The first-order valence-corrected chi connectivity index (χ1v) is 12.4. The molecule has 7 heteroatoms. The minimum atomic E-state index is -3.04. The number of hydrogen-bond acceptors (Lipinski definition) is 5. The maximum Gasteiger partial charge on any atom is 0.237 e. The molecule has 158 valence electrons. The van der Waals surface area contributed by atoms with E-state index in [4.69, 9.17) is 4.74 Å². The van der Waals surface area contributed by atoms with Gasteiger partial charge in [-0.2, -0.15) is 0 Å². The smallest absolute Gasteiger partial charge is 0.237 e. The van der Waals surface area contributed by atoms with Crippen LogP contribution in [0.25, 0.3) is 5.57 Å². The Morgan fingerprint density at radius 3 is 2.66 bits per heavy atom. The van der Waals surface area contributed by atoms with Gasteiger partial charge in [-0.3, -0.25) is 9.69 Å². The molecule has 1 amide bonds. The zero-order valence-corrected chi connectivity index (χ0v) is 17.6. The first-order chi connectivity index (χ1) is 14.0. The van der Waals surface area contributed by atoms with E-state index in [0.29, 0.717) is 19.5 Å². The number of rotatable bonds is 6. The van der Waals surface area contributed by atoms with Gasteiger partial charge in [0.15, 0.2) is 9.84 Å². The quantitative estimate of drug-likeness (QED) is 0.707. The second-order valence-electron chi connectivity index (χ2n) is 8.32. The molecule has 0 unspecified atom stereocenters. The highest BCUT2D eigenvalue weighted by atomic mass is 32.2. The van der Waals surface area contributed by atoms with Crippen molar-refractivity contribution < 1.29 is 17.9 Å². The van der Waals surface area contributed by atoms with Crippen LogP contribution in [0, 0.1) is 0 Å². The molecule has 0 saturated carbocycles. The molecule has 2 saturated heterocycles. The fourth-order valence-electron chi connectivity index (χ4n) is 4.53. The molecular weight excluding hydrogens is 388 g/mol. The number of ether oxygens (including phenoxy) is 1. The van der Waals surface area contributed by atoms with Gasteiger partial charge in [0.25, 0.3) is 0 Å². The van der Waals surface area contributed by atoms with Crippen molar-refractivity contribution in [3.05, 3.63) is 42.0 Å². The zero-order valence-electron chi connectivity index (χ0n) is 16.8. The number of amides is 1. The Bertz CT molecular complexity index is 847. The molecule has 0 bridgehead atoms. The van der Waals surface area contributed by atoms with Gasteiger partial charge in [0.1, 0.15) is 0 Å². The molecule has 29 heavy (non-hydrogen) atoms. The first-order valence-electron chi connectivity index (χ1n) is 10.6. The maximum absolute atomic E-state index is 13.2. The van der Waals surface area contributed by atoms with Crippen LogP contribution in [0.4, 0.5) is 0 Å². The third-order valence-electron chi connectivity index (χ3n) is 6.19. The number of nitrogens with zero attached hydrogens (tertiary/aromatic N) is 2. The lowest BCUT2D eigenvalue weighted by Crippen LogP contribution is -2.49. The van der Waals surface area contributed by atoms with Crippen molar-refractivity contribution >= 4 is 21.3 Å². The Morgan fingerprint density at radius 1 is 1.21 bits per heavy atom. The summed E-state index contributed by atoms with van der Waals surface area (Å²) in [5.74, 6) is 0.294. The molecule has 1 aromatic rings. The van der Waals surface area contributed by atoms with E-state index < -0.39 is 9.84 Å². The van der Waals surface area contributed by atoms with Gasteiger partial charge in [0.2, 0.25) is 5.91 Å². The average Bonchev–Trinajstić information content (AvgIpc) is 3.36. The largest absolute Gasteiger partial charge is 0.376 e. The zero-order chi connectivity index (χ0) is 20.3. The molecule has 2 fully saturated rings. The van der Waals surface area contributed by atoms with Crippen molar-refractivity contribution in [2.24, 2.45) is 0 Å². The highest BCUT2D eigenvalue weighted by Gasteiger charge is 2.36. The molecular formula is C22H30N2O4S. The van der Waals surface area contributed by atoms with E-state index >= 15 is 0 Å². The monoisotopic (exact) mass is 418 g/mol. The summed E-state index contributed by atoms with van der Waals surface area (Å²) in [5.41, 5.74) is 2.57. The van der Waals surface area contributed by atoms with Crippen molar-refractivity contribution in [2.75, 3.05) is 44.3 Å². The summed E-state index contributed by atoms with van der Waals surface area (Å²) in [6.45, 7) is 3.16. The van der Waals surface area contributed by atoms with E-state index in [1.807, 2.05) is 18.2 Å². The van der Waals surface area contributed by atoms with Gasteiger partial charge in [-0.05, 0) is 36.8 Å². The molecule has 0 aliphatic carbocycles. The van der Waals surface area contributed by atoms with Gasteiger partial charge in [-0.25, -0.2) is 8.42 Å². The molecule has 0 radical (unpaired) electrons. The predicted octanol–water partition coefficient (Wildman–Crippen LogP) is 1.97. The predicted molar refractivity (Wildman–Crippen MR) is 113 cm³/mol. The summed E-state index contributed by atoms with van der Waals surface area (Å²) in [6, 6.07) is 10.1. The second kappa shape index (κ2) is 8.98. The van der Waals surface area contributed by atoms with Gasteiger partial charge in [-0.15, -0.1) is 0 Å². The molecule has 1 aromatic carbocycles. The van der Waals surface area contributed by atoms with Gasteiger partial charge in [0.05, 0.1) is 24.2 Å². The van der Waals surface area contributed by atoms with Crippen molar-refractivity contribution in [1.29, 1.82) is 0 Å². The summed E-state index contributed by atoms with van der Waals surface area (Å²) >= 11 is 0. The number of sulfone groups is 1. The molecule has 3 aliphatic rings. The van der Waals surface area contributed by atoms with E-state index in [9.17, 15) is 13.2 Å². The van der Waals surface area contributed by atoms with Crippen LogP contribution < -0.4 is 0 Å². The number of hydrogen-bond donors (Lipinski definition) is 0. The van der Waals surface area contributed by atoms with Crippen LogP contribution in [0.15, 0.2) is 36.4 Å². The van der Waals surface area contributed by atoms with Crippen LogP contribution in [0.3, 0.4) is 0 Å². The lowest BCUT2D eigenvalue weighted by Gasteiger charge is -2.33. The Balaban J connectivity index is 1.39. The SMILES string of the molecule is O=C(CN1CC=C(c2ccccc2)CC1)N(C[C@H]1CCCO1)[C@H]1CCS(=O)(=O)C1. The Morgan fingerprint density at radius 2 is 2.03 bits per heavy atom. The third-order valence-corrected chi connectivity index (χ3v) is 7.94. The van der Waals surface area contributed by atoms with Crippen LogP contribution in [-0.2, 0) is 19.4 Å². The van der Waals surface area contributed by atoms with Crippen LogP contribution >= 0.6 is 0 Å². The average molecular weight is 419 g/mol. The van der Waals surface area contributed by atoms with Crippen LogP contribution in [0.1, 0.15) is 31.2 Å². The number of carbonyl (C=O) groups excluding carboxylic acids is 1. The summed E-state index contributed by atoms with van der Waals surface area (Å²) in [5, 5.41) is 0. The molecule has 2 atom stereocenters. The Hall–Kier alpha value is -1.70. The molecule has 3 aliphatic heterocycles. The molecule has 3 heterocycles. The van der Waals surface area contributed by atoms with Crippen molar-refractivity contribution in [3.63, 3.8) is 0 Å². The summed E-state index contributed by atoms with van der Waals surface area (Å²) < 4.78 is 29.7. The summed E-state index contributed by atoms with van der Waals surface area (Å²) in [4.78, 5) is 17.1. The summed E-state index contributed by atoms with van der Waals surface area (Å²) in [7, 11) is -3.04. The topological polar surface area (TPSA) is 66.9 Å². The number of carbonyl (C=O) groups is 1. The van der Waals surface area contributed by atoms with Crippen LogP contribution in [0.5, 0.6) is 0 Å². The first kappa shape index (κ1) is 20.6. The van der Waals surface area contributed by atoms with Gasteiger partial charge in [-0.1, -0.05) is 36.4 Å². The van der Waals surface area contributed by atoms with Gasteiger partial charge >= 0.3 is 0 Å². The Kier molecular flexibility index (Phi) is 6.37. The van der Waals surface area contributed by atoms with Crippen molar-refractivity contribution in [3.8, 4) is 0 Å². The minimum absolute atomic E-state index is 0.0270. The second-order valence-corrected chi connectivity index (χ2v) is 10.5. The van der Waals surface area contributed by atoms with Crippen molar-refractivity contribution in [1.82, 2.24) is 9.80 Å². The molecule has 6 nitrogen and oxygen atoms in total. The molecule has 4 rings (SSSR count). The van der Waals surface area contributed by atoms with Crippen LogP contribution in [0.2, 0.25) is 0 Å². The van der Waals surface area contributed by atoms with Crippen molar-refractivity contribution in [2.45, 2.75) is 37.8 Å². The van der Waals surface area contributed by atoms with Gasteiger partial charge in [0, 0.05) is 32.3 Å². The van der Waals surface area contributed by atoms with Gasteiger partial charge < -0.3 is 9.64 Å². The Labute approximate surface area is 173 Å². The van der Waals surface area contributed by atoms with E-state index in [-0.39, 0.29) is 29.6 Å². The number of benzene rings is 1. The van der Waals surface area contributed by atoms with E-state index in [1.165, 1.54) is 11.1 Å². The van der Waals surface area contributed by atoms with E-state index in [1.54, 1.807) is 4.90 Å². The van der Waals surface area contributed by atoms with E-state index in [0.717, 1.165) is 39.0 Å². The fraction of sp³-hybridized carbons (Fsp3) is 0.591. The minimum Gasteiger partial charge on any atom is -0.376 e. The lowest BCUT2D eigenvalue weighted by molar-refractivity contribution is -0.136. The normalized spacial score (nSPS) is 27.0. The molecule has 0 spiro atoms. The standard InChI is InChI=1S/C22H30N2O4S/c25-22(16-23-11-8-19(9-12-23)18-5-2-1-3-6-18)24(15-21-7-4-13-28-21)20-10-14-29(26,27)17-20/h1-3,5-6,8,20-21H,4,7,9-17H2/t20-,21+/m0/s1. The lowest BCUT2D eigenvalue weighted by atomic mass is 9.99. The highest BCUT2D eigenvalue weighted by Crippen LogP contribution is 2.24. The molecule has 0 N–H and O–H groups in total. The fourth-order valence-corrected chi connectivity index (χ4v) is 6.27.